The predicted octanol–water partition coefficient (Wildman–Crippen LogP) is 5.46. The molecule has 6 aliphatic rings. The minimum Gasteiger partial charge on any atom is -0.369 e. The minimum absolute atomic E-state index is 0.0693. The van der Waals surface area contributed by atoms with Gasteiger partial charge in [-0.15, -0.1) is 0 Å². The molecule has 2 saturated carbocycles. The van der Waals surface area contributed by atoms with E-state index in [1.165, 1.54) is 69.0 Å². The lowest BCUT2D eigenvalue weighted by atomic mass is 9.52. The molecular formula is C30H45N3O. The van der Waals surface area contributed by atoms with E-state index in [-0.39, 0.29) is 5.60 Å². The Morgan fingerprint density at radius 1 is 1.15 bits per heavy atom. The molecule has 4 nitrogen and oxygen atoms in total. The fourth-order valence-electron chi connectivity index (χ4n) is 10.3. The molecule has 186 valence electrons. The molecule has 1 aromatic heterocycles. The molecule has 3 heterocycles. The van der Waals surface area contributed by atoms with Crippen molar-refractivity contribution in [2.75, 3.05) is 6.54 Å². The number of allylic oxidation sites excluding steroid dienone is 1. The van der Waals surface area contributed by atoms with Crippen LogP contribution in [0.1, 0.15) is 83.9 Å². The van der Waals surface area contributed by atoms with Gasteiger partial charge in [0, 0.05) is 25.2 Å². The quantitative estimate of drug-likeness (QED) is 0.519. The third-order valence-corrected chi connectivity index (χ3v) is 12.0. The summed E-state index contributed by atoms with van der Waals surface area (Å²) in [5.74, 6) is 4.72. The van der Waals surface area contributed by atoms with Gasteiger partial charge in [-0.2, -0.15) is 5.10 Å². The summed E-state index contributed by atoms with van der Waals surface area (Å²) < 4.78 is 9.13. The molecule has 0 amide bonds. The van der Waals surface area contributed by atoms with Crippen molar-refractivity contribution in [3.63, 3.8) is 0 Å². The summed E-state index contributed by atoms with van der Waals surface area (Å²) in [6.07, 6.45) is 14.4. The lowest BCUT2D eigenvalue weighted by Crippen LogP contribution is -2.48. The summed E-state index contributed by atoms with van der Waals surface area (Å²) in [4.78, 5) is 0. The van der Waals surface area contributed by atoms with Crippen LogP contribution < -0.4 is 5.32 Å². The van der Waals surface area contributed by atoms with E-state index < -0.39 is 0 Å². The molecule has 0 bridgehead atoms. The maximum Gasteiger partial charge on any atom is 0.0765 e. The number of nitrogens with zero attached hydrogens (tertiary/aromatic N) is 2. The maximum atomic E-state index is 7.07. The van der Waals surface area contributed by atoms with Gasteiger partial charge < -0.3 is 10.1 Å². The van der Waals surface area contributed by atoms with Gasteiger partial charge >= 0.3 is 0 Å². The second-order valence-electron chi connectivity index (χ2n) is 13.8. The van der Waals surface area contributed by atoms with Crippen LogP contribution in [0.5, 0.6) is 0 Å². The zero-order chi connectivity index (χ0) is 23.4. The Morgan fingerprint density at radius 3 is 2.85 bits per heavy atom. The van der Waals surface area contributed by atoms with Gasteiger partial charge in [-0.3, -0.25) is 4.68 Å². The molecule has 4 aliphatic carbocycles. The molecule has 34 heavy (non-hydrogen) atoms. The zero-order valence-corrected chi connectivity index (χ0v) is 22.1. The summed E-state index contributed by atoms with van der Waals surface area (Å²) in [5.41, 5.74) is 7.01. The van der Waals surface area contributed by atoms with Crippen molar-refractivity contribution in [1.82, 2.24) is 15.1 Å². The van der Waals surface area contributed by atoms with Crippen LogP contribution in [0.2, 0.25) is 0 Å². The zero-order valence-electron chi connectivity index (χ0n) is 22.1. The van der Waals surface area contributed by atoms with Crippen LogP contribution in [0.25, 0.3) is 0 Å². The first-order chi connectivity index (χ1) is 16.3. The van der Waals surface area contributed by atoms with E-state index in [1.54, 1.807) is 5.57 Å². The van der Waals surface area contributed by atoms with Gasteiger partial charge in [0.1, 0.15) is 0 Å². The number of aryl methyl sites for hydroxylation is 1. The predicted molar refractivity (Wildman–Crippen MR) is 135 cm³/mol. The Balaban J connectivity index is 1.18. The average Bonchev–Trinajstić information content (AvgIpc) is 3.39. The Kier molecular flexibility index (Phi) is 4.84. The number of aromatic nitrogens is 2. The molecule has 4 heteroatoms. The Labute approximate surface area is 206 Å². The number of nitrogens with one attached hydrogen (secondary N) is 1. The Bertz CT molecular complexity index is 1030. The monoisotopic (exact) mass is 463 g/mol. The molecule has 1 N–H and O–H groups in total. The van der Waals surface area contributed by atoms with Gasteiger partial charge in [0.05, 0.1) is 17.4 Å². The van der Waals surface area contributed by atoms with Crippen molar-refractivity contribution in [1.29, 1.82) is 0 Å². The van der Waals surface area contributed by atoms with E-state index in [9.17, 15) is 0 Å². The lowest BCUT2D eigenvalue weighted by molar-refractivity contribution is -0.0733. The topological polar surface area (TPSA) is 39.1 Å². The summed E-state index contributed by atoms with van der Waals surface area (Å²) in [6.45, 7) is 11.2. The molecule has 2 aliphatic heterocycles. The summed E-state index contributed by atoms with van der Waals surface area (Å²) >= 11 is 0. The number of hydrogen-bond acceptors (Lipinski definition) is 3. The summed E-state index contributed by atoms with van der Waals surface area (Å²) in [7, 11) is 2.10. The highest BCUT2D eigenvalue weighted by Crippen LogP contribution is 2.64. The fourth-order valence-corrected chi connectivity index (χ4v) is 10.3. The molecule has 10 atom stereocenters. The number of fused-ring (bicyclic) bond motifs is 7. The molecular weight excluding hydrogens is 418 g/mol. The molecule has 0 aromatic carbocycles. The van der Waals surface area contributed by atoms with Crippen LogP contribution in [0, 0.1) is 40.9 Å². The van der Waals surface area contributed by atoms with Crippen LogP contribution >= 0.6 is 0 Å². The average molecular weight is 464 g/mol. The number of rotatable bonds is 0. The van der Waals surface area contributed by atoms with Crippen LogP contribution in [0.15, 0.2) is 17.3 Å². The third-order valence-electron chi connectivity index (χ3n) is 12.0. The largest absolute Gasteiger partial charge is 0.369 e. The Hall–Kier alpha value is -1.13. The van der Waals surface area contributed by atoms with Crippen LogP contribution in [-0.4, -0.2) is 34.1 Å². The minimum atomic E-state index is 0.0693. The van der Waals surface area contributed by atoms with E-state index in [2.05, 4.69) is 50.9 Å². The number of piperidine rings is 1. The highest BCUT2D eigenvalue weighted by molar-refractivity contribution is 5.32. The molecule has 1 aromatic rings. The molecule has 1 unspecified atom stereocenters. The highest BCUT2D eigenvalue weighted by Gasteiger charge is 2.59. The van der Waals surface area contributed by atoms with Crippen LogP contribution in [-0.2, 0) is 24.6 Å². The first kappa shape index (κ1) is 22.1. The molecule has 2 saturated heterocycles. The smallest absolute Gasteiger partial charge is 0.0765 e. The highest BCUT2D eigenvalue weighted by atomic mass is 16.5. The van der Waals surface area contributed by atoms with Gasteiger partial charge in [-0.1, -0.05) is 31.9 Å². The lowest BCUT2D eigenvalue weighted by Gasteiger charge is -2.52. The summed E-state index contributed by atoms with van der Waals surface area (Å²) in [6, 6.07) is 0.560. The number of ether oxygens (including phenoxy) is 1. The maximum absolute atomic E-state index is 7.07. The van der Waals surface area contributed by atoms with Crippen molar-refractivity contribution in [2.24, 2.45) is 48.0 Å². The van der Waals surface area contributed by atoms with E-state index >= 15 is 0 Å². The van der Waals surface area contributed by atoms with E-state index in [4.69, 9.17) is 9.84 Å². The van der Waals surface area contributed by atoms with Gasteiger partial charge in [-0.25, -0.2) is 0 Å². The van der Waals surface area contributed by atoms with E-state index in [1.807, 2.05) is 5.57 Å². The number of hydrogen-bond donors (Lipinski definition) is 1. The van der Waals surface area contributed by atoms with E-state index in [0.29, 0.717) is 23.5 Å². The van der Waals surface area contributed by atoms with Gasteiger partial charge in [-0.05, 0) is 112 Å². The van der Waals surface area contributed by atoms with Crippen LogP contribution in [0.3, 0.4) is 0 Å². The van der Waals surface area contributed by atoms with Crippen molar-refractivity contribution in [3.05, 3.63) is 28.6 Å². The molecule has 1 spiro atoms. The van der Waals surface area contributed by atoms with Gasteiger partial charge in [0.2, 0.25) is 0 Å². The molecule has 0 radical (unpaired) electrons. The standard InChI is InChI=1S/C30H45N3O/c1-17-10-27-28(31-15-17)19(3)30(34-27)9-8-22-23-7-6-21-11-26-20(16-33(5)32-26)14-29(21,4)25(23)12-24(22)18(2)13-30/h16-17,19,21-23,25,27-28,31H,6-15H2,1-5H3/t17-,19+,21+,22-,23?,25-,27+,28-,29-,30-/m0/s1. The van der Waals surface area contributed by atoms with Gasteiger partial charge in [0.25, 0.3) is 0 Å². The van der Waals surface area contributed by atoms with Crippen molar-refractivity contribution < 1.29 is 4.74 Å². The first-order valence-corrected chi connectivity index (χ1v) is 14.4. The fraction of sp³-hybridized carbons (Fsp3) is 0.833. The van der Waals surface area contributed by atoms with Crippen molar-refractivity contribution >= 4 is 0 Å². The molecule has 7 rings (SSSR count). The normalized spacial score (nSPS) is 49.8. The second-order valence-corrected chi connectivity index (χ2v) is 13.8. The van der Waals surface area contributed by atoms with Gasteiger partial charge in [0.15, 0.2) is 0 Å². The second kappa shape index (κ2) is 7.44. The van der Waals surface area contributed by atoms with Crippen molar-refractivity contribution in [3.8, 4) is 0 Å². The van der Waals surface area contributed by atoms with Crippen LogP contribution in [0.4, 0.5) is 0 Å². The first-order valence-electron chi connectivity index (χ1n) is 14.4. The summed E-state index contributed by atoms with van der Waals surface area (Å²) in [5, 5.41) is 8.71. The SMILES string of the molecule is CC1=C2C[C@H]3C(CC[C@@H]4Cc5nn(C)cc5C[C@@]43C)[C@@H]2CC[C@@]2(C1)O[C@@H]1C[C@H](C)CN[C@H]1[C@H]2C. The van der Waals surface area contributed by atoms with Crippen molar-refractivity contribution in [2.45, 2.75) is 103 Å². The Morgan fingerprint density at radius 2 is 2.00 bits per heavy atom. The van der Waals surface area contributed by atoms with E-state index in [0.717, 1.165) is 36.1 Å². The third kappa shape index (κ3) is 3.00. The molecule has 4 fully saturated rings.